The molecule has 0 aliphatic carbocycles. The van der Waals surface area contributed by atoms with Gasteiger partial charge >= 0.3 is 0 Å². The molecule has 4 heterocycles. The summed E-state index contributed by atoms with van der Waals surface area (Å²) < 4.78 is 103. The predicted octanol–water partition coefficient (Wildman–Crippen LogP) is 15.5. The van der Waals surface area contributed by atoms with E-state index in [0.29, 0.717) is 11.0 Å². The van der Waals surface area contributed by atoms with Gasteiger partial charge in [-0.3, -0.25) is 0 Å². The van der Waals surface area contributed by atoms with Gasteiger partial charge in [-0.2, -0.15) is 24.2 Å². The Labute approximate surface area is 408 Å². The minimum Gasteiger partial charge on any atom is -0.510 e. The van der Waals surface area contributed by atoms with Gasteiger partial charge in [-0.15, -0.1) is 29.1 Å². The van der Waals surface area contributed by atoms with Crippen LogP contribution in [0, 0.1) is 12.1 Å². The smallest absolute Gasteiger partial charge is 0.136 e. The Balaban J connectivity index is 0.00000582. The molecule has 0 fully saturated rings. The van der Waals surface area contributed by atoms with Gasteiger partial charge < -0.3 is 18.0 Å². The summed E-state index contributed by atoms with van der Waals surface area (Å²) in [6.07, 6.45) is 2.04. The molecule has 0 N–H and O–H groups in total. The summed E-state index contributed by atoms with van der Waals surface area (Å²) in [6, 6.07) is 53.0. The molecule has 10 bridgehead atoms. The van der Waals surface area contributed by atoms with Crippen LogP contribution in [0.5, 0.6) is 0 Å². The van der Waals surface area contributed by atoms with E-state index in [2.05, 4.69) is 77.4 Å². The van der Waals surface area contributed by atoms with E-state index >= 15 is 0 Å². The largest absolute Gasteiger partial charge is 0.510 e. The normalized spacial score (nSPS) is 13.6. The molecule has 0 radical (unpaired) electrons. The molecular weight excluding hydrogens is 988 g/mol. The van der Waals surface area contributed by atoms with Gasteiger partial charge in [0.15, 0.2) is 0 Å². The molecule has 13 rings (SSSR count). The average molecular weight is 1040 g/mol. The van der Waals surface area contributed by atoms with Crippen LogP contribution in [0.15, 0.2) is 229 Å². The second kappa shape index (κ2) is 16.2. The van der Waals surface area contributed by atoms with Crippen molar-refractivity contribution in [2.24, 2.45) is 0 Å². The topological polar surface area (TPSA) is 40.3 Å². The Morgan fingerprint density at radius 1 is 0.515 bits per heavy atom. The zero-order chi connectivity index (χ0) is 51.6. The Hall–Kier alpha value is -8.11. The second-order valence-corrected chi connectivity index (χ2v) is 15.7. The molecular formula is C60H37N4OPt-3. The van der Waals surface area contributed by atoms with Crippen molar-refractivity contribution in [2.75, 3.05) is 0 Å². The van der Waals surface area contributed by atoms with Crippen molar-refractivity contribution in [1.82, 2.24) is 18.5 Å². The summed E-state index contributed by atoms with van der Waals surface area (Å²) in [7, 11) is 0. The molecule has 0 saturated carbocycles. The van der Waals surface area contributed by atoms with Crippen molar-refractivity contribution in [3.63, 3.8) is 0 Å². The summed E-state index contributed by atoms with van der Waals surface area (Å²) >= 11 is 0. The zero-order valence-corrected chi connectivity index (χ0v) is 36.9. The van der Waals surface area contributed by atoms with Crippen LogP contribution < -0.4 is 0 Å². The fraction of sp³-hybridized carbons (Fsp3) is 0. The number of para-hydroxylation sites is 3. The summed E-state index contributed by atoms with van der Waals surface area (Å²) in [5.41, 5.74) is 5.46. The molecule has 66 heavy (non-hydrogen) atoms. The number of hydrogen-bond donors (Lipinski definition) is 0. The molecule has 6 heteroatoms. The van der Waals surface area contributed by atoms with Crippen LogP contribution in [-0.2, 0) is 21.1 Å². The molecule has 0 unspecified atom stereocenters. The van der Waals surface area contributed by atoms with Crippen LogP contribution >= 0.6 is 0 Å². The van der Waals surface area contributed by atoms with Crippen LogP contribution in [0.3, 0.4) is 0 Å². The molecule has 0 saturated heterocycles. The minimum absolute atomic E-state index is 0. The van der Waals surface area contributed by atoms with E-state index in [1.54, 1.807) is 18.2 Å². The standard InChI is InChI=1S/C60H37N4O.Pt/c1-3-15-40(16-4-1)42-31-34-55-53(36-42)51-33-32-47-38-58(51)64(55)59-30-14-27-54(61-59)44-20-11-19-43(35-44)48-23-7-8-24-50(48)52-26-13-25-49(41-17-5-2-6-18-41)60(52)63-39-62(56-28-9-10-29-57(56)63)45-21-12-22-46(37-45)65-47;/h1-36,39H;/q-3;/i1D,3D,4D,15D,16D,31D,32D,33D,34D,36D;. The van der Waals surface area contributed by atoms with E-state index < -0.39 is 66.0 Å². The summed E-state index contributed by atoms with van der Waals surface area (Å²) in [6.45, 7) is 0. The molecule has 12 aromatic rings. The SMILES string of the molecule is [2H]c1c([2H])c([2H])c(-c2c([2H])c([2H])c3c(c2[2H])c2c([2H])c([2H])c4[c-]c2n3c2cccc(n2)c2cccc(c2)c2ccccc2c2cccc(-c3ccccc3)c2n2[cH-]n(c3[c-]c(ccc3)o4)-c3ccccc3-2)c([2H])c1[2H].[Pt]. The Bertz CT molecular complexity index is 4720. The maximum Gasteiger partial charge on any atom is 0.136 e. The molecule has 0 atom stereocenters. The maximum atomic E-state index is 9.76. The van der Waals surface area contributed by atoms with E-state index in [9.17, 15) is 6.85 Å². The fourth-order valence-corrected chi connectivity index (χ4v) is 8.99. The van der Waals surface area contributed by atoms with Crippen LogP contribution in [0.2, 0.25) is 0 Å². The van der Waals surface area contributed by atoms with Gasteiger partial charge in [0.25, 0.3) is 0 Å². The maximum absolute atomic E-state index is 9.76. The Morgan fingerprint density at radius 3 is 2.14 bits per heavy atom. The molecule has 316 valence electrons. The molecule has 1 aliphatic rings. The van der Waals surface area contributed by atoms with Crippen LogP contribution in [0.4, 0.5) is 0 Å². The quantitative estimate of drug-likeness (QED) is 0.162. The molecule has 9 aromatic carbocycles. The van der Waals surface area contributed by atoms with Crippen molar-refractivity contribution in [1.29, 1.82) is 0 Å². The number of nitrogens with zero attached hydrogens (tertiary/aromatic N) is 4. The van der Waals surface area contributed by atoms with Gasteiger partial charge in [-0.25, -0.2) is 4.98 Å². The van der Waals surface area contributed by atoms with Crippen molar-refractivity contribution in [3.05, 3.63) is 237 Å². The first-order chi connectivity index (χ1) is 36.4. The van der Waals surface area contributed by atoms with Crippen molar-refractivity contribution >= 4 is 82.1 Å². The second-order valence-electron chi connectivity index (χ2n) is 15.7. The van der Waals surface area contributed by atoms with E-state index in [0.717, 1.165) is 54.9 Å². The molecule has 0 amide bonds. The van der Waals surface area contributed by atoms with Gasteiger partial charge in [-0.1, -0.05) is 169 Å². The third-order valence-electron chi connectivity index (χ3n) is 11.9. The monoisotopic (exact) mass is 1030 g/mol. The summed E-state index contributed by atoms with van der Waals surface area (Å²) in [4.78, 5) is 5.18. The molecule has 1 aliphatic heterocycles. The minimum atomic E-state index is -0.665. The Morgan fingerprint density at radius 2 is 1.26 bits per heavy atom. The summed E-state index contributed by atoms with van der Waals surface area (Å²) in [5.74, 6) is 0. The third kappa shape index (κ3) is 6.59. The first-order valence-electron chi connectivity index (χ1n) is 26.1. The van der Waals surface area contributed by atoms with Gasteiger partial charge in [0.1, 0.15) is 5.65 Å². The fourth-order valence-electron chi connectivity index (χ4n) is 8.99. The van der Waals surface area contributed by atoms with E-state index in [4.69, 9.17) is 16.3 Å². The Kier molecular flexibility index (Phi) is 7.37. The number of benzene rings is 9. The van der Waals surface area contributed by atoms with E-state index in [1.807, 2.05) is 89.8 Å². The number of pyridine rings is 1. The zero-order valence-electron chi connectivity index (χ0n) is 44.6. The predicted molar refractivity (Wildman–Crippen MR) is 268 cm³/mol. The first kappa shape index (κ1) is 30.1. The first-order valence-corrected chi connectivity index (χ1v) is 21.1. The summed E-state index contributed by atoms with van der Waals surface area (Å²) in [5, 5.41) is 4.53. The number of rotatable bonds is 2. The third-order valence-corrected chi connectivity index (χ3v) is 11.9. The van der Waals surface area contributed by atoms with Crippen molar-refractivity contribution in [2.45, 2.75) is 0 Å². The van der Waals surface area contributed by atoms with Gasteiger partial charge in [0.2, 0.25) is 0 Å². The van der Waals surface area contributed by atoms with Crippen LogP contribution in [-0.4, -0.2) is 18.5 Å². The van der Waals surface area contributed by atoms with Crippen molar-refractivity contribution < 1.29 is 39.2 Å². The van der Waals surface area contributed by atoms with Gasteiger partial charge in [-0.05, 0) is 91.7 Å². The van der Waals surface area contributed by atoms with E-state index in [-0.39, 0.29) is 65.2 Å². The number of hydrogen-bond acceptors (Lipinski definition) is 2. The molecule has 0 spiro atoms. The average Bonchev–Trinajstić information content (AvgIpc) is 4.13. The van der Waals surface area contributed by atoms with E-state index in [1.165, 1.54) is 4.40 Å². The molecule has 3 aromatic heterocycles. The number of aromatic nitrogens is 4. The van der Waals surface area contributed by atoms with Gasteiger partial charge in [0, 0.05) is 50.8 Å². The van der Waals surface area contributed by atoms with Crippen LogP contribution in [0.25, 0.3) is 116 Å². The van der Waals surface area contributed by atoms with Crippen LogP contribution in [0.1, 0.15) is 13.7 Å². The number of fused-ring (bicyclic) bond motifs is 23. The van der Waals surface area contributed by atoms with Gasteiger partial charge in [0.05, 0.1) is 16.5 Å². The number of imidazole rings is 1. The molecule has 5 nitrogen and oxygen atoms in total. The van der Waals surface area contributed by atoms with Crippen molar-refractivity contribution in [3.8, 4) is 33.6 Å².